The van der Waals surface area contributed by atoms with E-state index in [0.29, 0.717) is 13.2 Å². The maximum Gasteiger partial charge on any atom is 0.230 e. The van der Waals surface area contributed by atoms with E-state index in [2.05, 4.69) is 48.5 Å². The average Bonchev–Trinajstić information content (AvgIpc) is 3.90. The molecule has 2 atom stereocenters. The van der Waals surface area contributed by atoms with Gasteiger partial charge < -0.3 is 28.4 Å². The van der Waals surface area contributed by atoms with Crippen molar-refractivity contribution < 1.29 is 28.4 Å². The number of rotatable bonds is 14. The molecular weight excluding hydrogens is 492 g/mol. The highest BCUT2D eigenvalue weighted by molar-refractivity contribution is 5.35. The van der Waals surface area contributed by atoms with Crippen molar-refractivity contribution in [2.24, 2.45) is 0 Å². The van der Waals surface area contributed by atoms with Gasteiger partial charge in [0.25, 0.3) is 0 Å². The van der Waals surface area contributed by atoms with Gasteiger partial charge in [-0.1, -0.05) is 48.5 Å². The summed E-state index contributed by atoms with van der Waals surface area (Å²) in [7, 11) is 0. The van der Waals surface area contributed by atoms with Crippen LogP contribution in [0.2, 0.25) is 0 Å². The van der Waals surface area contributed by atoms with Crippen molar-refractivity contribution in [1.29, 1.82) is 0 Å². The summed E-state index contributed by atoms with van der Waals surface area (Å²) < 4.78 is 33.3. The Labute approximate surface area is 229 Å². The number of epoxide rings is 2. The zero-order chi connectivity index (χ0) is 26.3. The Kier molecular flexibility index (Phi) is 7.94. The zero-order valence-corrected chi connectivity index (χ0v) is 21.8. The lowest BCUT2D eigenvalue weighted by molar-refractivity contribution is 0.120. The van der Waals surface area contributed by atoms with Gasteiger partial charge in [0.1, 0.15) is 48.4 Å². The molecule has 2 unspecified atom stereocenters. The molecule has 0 radical (unpaired) electrons. The first-order chi connectivity index (χ1) is 19.2. The van der Waals surface area contributed by atoms with Crippen molar-refractivity contribution in [3.63, 3.8) is 0 Å². The maximum atomic E-state index is 5.79. The molecule has 6 heteroatoms. The monoisotopic (exact) mass is 524 g/mol. The summed E-state index contributed by atoms with van der Waals surface area (Å²) in [5.74, 6) is 3.31. The predicted octanol–water partition coefficient (Wildman–Crippen LogP) is 5.84. The van der Waals surface area contributed by atoms with E-state index in [1.165, 1.54) is 22.3 Å². The minimum Gasteiger partial charge on any atom is -0.491 e. The second kappa shape index (κ2) is 12.2. The molecule has 6 nitrogen and oxygen atoms in total. The normalized spacial score (nSPS) is 17.3. The Bertz CT molecular complexity index is 1200. The topological polar surface area (TPSA) is 62.0 Å². The molecule has 2 fully saturated rings. The van der Waals surface area contributed by atoms with Crippen molar-refractivity contribution in [3.8, 4) is 23.0 Å². The summed E-state index contributed by atoms with van der Waals surface area (Å²) in [6, 6.07) is 32.7. The molecule has 0 saturated carbocycles. The van der Waals surface area contributed by atoms with Gasteiger partial charge in [0.05, 0.1) is 13.2 Å². The highest BCUT2D eigenvalue weighted by Crippen LogP contribution is 2.21. The van der Waals surface area contributed by atoms with Crippen LogP contribution in [0, 0.1) is 0 Å². The van der Waals surface area contributed by atoms with E-state index in [0.717, 1.165) is 49.1 Å². The van der Waals surface area contributed by atoms with Gasteiger partial charge >= 0.3 is 0 Å². The fourth-order valence-electron chi connectivity index (χ4n) is 4.16. The van der Waals surface area contributed by atoms with E-state index in [9.17, 15) is 0 Å². The van der Waals surface area contributed by atoms with Gasteiger partial charge in [-0.2, -0.15) is 0 Å². The molecule has 0 amide bonds. The van der Waals surface area contributed by atoms with Crippen molar-refractivity contribution in [2.45, 2.75) is 25.0 Å². The molecule has 6 rings (SSSR count). The Morgan fingerprint density at radius 2 is 0.718 bits per heavy atom. The van der Waals surface area contributed by atoms with E-state index in [4.69, 9.17) is 28.4 Å². The minimum absolute atomic E-state index is 0.152. The molecule has 2 aliphatic rings. The zero-order valence-electron chi connectivity index (χ0n) is 21.8. The first kappa shape index (κ1) is 25.3. The van der Waals surface area contributed by atoms with Crippen LogP contribution in [0.4, 0.5) is 0 Å². The van der Waals surface area contributed by atoms with Crippen molar-refractivity contribution >= 4 is 0 Å². The Morgan fingerprint density at radius 1 is 0.436 bits per heavy atom. The second-order valence-corrected chi connectivity index (χ2v) is 9.87. The van der Waals surface area contributed by atoms with Crippen LogP contribution in [0.3, 0.4) is 0 Å². The summed E-state index contributed by atoms with van der Waals surface area (Å²) >= 11 is 0. The van der Waals surface area contributed by atoms with E-state index in [-0.39, 0.29) is 19.0 Å². The summed E-state index contributed by atoms with van der Waals surface area (Å²) in [5, 5.41) is 0. The van der Waals surface area contributed by atoms with Crippen molar-refractivity contribution in [1.82, 2.24) is 0 Å². The highest BCUT2D eigenvalue weighted by atomic mass is 16.7. The highest BCUT2D eigenvalue weighted by Gasteiger charge is 2.23. The quantitative estimate of drug-likeness (QED) is 0.153. The van der Waals surface area contributed by atoms with Gasteiger partial charge in [-0.05, 0) is 83.6 Å². The van der Waals surface area contributed by atoms with Crippen LogP contribution in [0.15, 0.2) is 97.1 Å². The van der Waals surface area contributed by atoms with Gasteiger partial charge in [0, 0.05) is 0 Å². The Morgan fingerprint density at radius 3 is 1.00 bits per heavy atom. The van der Waals surface area contributed by atoms with E-state index in [1.54, 1.807) is 0 Å². The van der Waals surface area contributed by atoms with Gasteiger partial charge in [0.15, 0.2) is 0 Å². The molecule has 39 heavy (non-hydrogen) atoms. The standard InChI is InChI=1S/C33H32O6/c1-9-28(34-19-32-21-36-32)10-2-24(1)17-26-5-13-30(14-6-26)38-23-39-31-15-7-27(8-16-31)18-25-3-11-29(12-4-25)35-20-33-22-37-33/h1-16,32-33H,17-23H2. The molecule has 0 aromatic heterocycles. The Balaban J connectivity index is 0.913. The van der Waals surface area contributed by atoms with Gasteiger partial charge in [-0.15, -0.1) is 0 Å². The number of hydrogen-bond donors (Lipinski definition) is 0. The van der Waals surface area contributed by atoms with Crippen LogP contribution in [-0.4, -0.2) is 45.4 Å². The molecule has 2 heterocycles. The van der Waals surface area contributed by atoms with Gasteiger partial charge in [0.2, 0.25) is 6.79 Å². The molecule has 0 bridgehead atoms. The molecule has 2 aliphatic heterocycles. The molecular formula is C33H32O6. The van der Waals surface area contributed by atoms with Crippen LogP contribution in [0.5, 0.6) is 23.0 Å². The number of ether oxygens (including phenoxy) is 6. The van der Waals surface area contributed by atoms with Crippen molar-refractivity contribution in [3.05, 3.63) is 119 Å². The summed E-state index contributed by atoms with van der Waals surface area (Å²) in [6.45, 7) is 3.01. The third-order valence-corrected chi connectivity index (χ3v) is 6.64. The van der Waals surface area contributed by atoms with E-state index in [1.807, 2.05) is 48.5 Å². The van der Waals surface area contributed by atoms with E-state index < -0.39 is 0 Å². The first-order valence-electron chi connectivity index (χ1n) is 13.4. The number of benzene rings is 4. The van der Waals surface area contributed by atoms with E-state index >= 15 is 0 Å². The SMILES string of the molecule is c1cc(OCOc2ccc(Cc3ccc(OCC4CO4)cc3)cc2)ccc1Cc1ccc(OCC2CO2)cc1. The first-order valence-corrected chi connectivity index (χ1v) is 13.4. The molecule has 0 N–H and O–H groups in total. The summed E-state index contributed by atoms with van der Waals surface area (Å²) in [4.78, 5) is 0. The lowest BCUT2D eigenvalue weighted by atomic mass is 10.0. The summed E-state index contributed by atoms with van der Waals surface area (Å²) in [5.41, 5.74) is 4.90. The van der Waals surface area contributed by atoms with Gasteiger partial charge in [-0.25, -0.2) is 0 Å². The maximum absolute atomic E-state index is 5.79. The van der Waals surface area contributed by atoms with Crippen LogP contribution in [-0.2, 0) is 22.3 Å². The third kappa shape index (κ3) is 7.99. The third-order valence-electron chi connectivity index (χ3n) is 6.64. The van der Waals surface area contributed by atoms with Crippen LogP contribution < -0.4 is 18.9 Å². The van der Waals surface area contributed by atoms with Gasteiger partial charge in [-0.3, -0.25) is 0 Å². The molecule has 200 valence electrons. The predicted molar refractivity (Wildman–Crippen MR) is 148 cm³/mol. The molecule has 2 saturated heterocycles. The average molecular weight is 525 g/mol. The number of hydrogen-bond acceptors (Lipinski definition) is 6. The Hall–Kier alpha value is -4.00. The lowest BCUT2D eigenvalue weighted by Crippen LogP contribution is -2.05. The van der Waals surface area contributed by atoms with Crippen LogP contribution in [0.1, 0.15) is 22.3 Å². The van der Waals surface area contributed by atoms with Crippen molar-refractivity contribution in [2.75, 3.05) is 33.2 Å². The molecule has 4 aromatic rings. The largest absolute Gasteiger partial charge is 0.491 e. The van der Waals surface area contributed by atoms with Crippen LogP contribution in [0.25, 0.3) is 0 Å². The fourth-order valence-corrected chi connectivity index (χ4v) is 4.16. The summed E-state index contributed by atoms with van der Waals surface area (Å²) in [6.07, 6.45) is 2.24. The molecule has 0 aliphatic carbocycles. The smallest absolute Gasteiger partial charge is 0.230 e. The second-order valence-electron chi connectivity index (χ2n) is 9.87. The molecule has 4 aromatic carbocycles. The fraction of sp³-hybridized carbons (Fsp3) is 0.273. The lowest BCUT2D eigenvalue weighted by Gasteiger charge is -2.10. The molecule has 0 spiro atoms. The van der Waals surface area contributed by atoms with Crippen LogP contribution >= 0.6 is 0 Å². The minimum atomic E-state index is 0.152.